The third-order valence-electron chi connectivity index (χ3n) is 2.74. The Kier molecular flexibility index (Phi) is 9.85. The van der Waals surface area contributed by atoms with Crippen LogP contribution in [0.4, 0.5) is 0 Å². The van der Waals surface area contributed by atoms with Gasteiger partial charge in [0, 0.05) is 0 Å². The summed E-state index contributed by atoms with van der Waals surface area (Å²) in [6, 6.07) is 0. The van der Waals surface area contributed by atoms with E-state index in [1.165, 1.54) is 5.57 Å². The zero-order chi connectivity index (χ0) is 14.7. The Hall–Kier alpha value is -1.32. The van der Waals surface area contributed by atoms with Gasteiger partial charge in [0.1, 0.15) is 0 Å². The Bertz CT molecular complexity index is 307. The summed E-state index contributed by atoms with van der Waals surface area (Å²) in [7, 11) is 0. The zero-order valence-corrected chi connectivity index (χ0v) is 12.5. The Morgan fingerprint density at radius 1 is 1.16 bits per heavy atom. The van der Waals surface area contributed by atoms with Crippen LogP contribution in [0.5, 0.6) is 0 Å². The second kappa shape index (κ2) is 10.6. The lowest BCUT2D eigenvalue weighted by atomic mass is 9.98. The number of rotatable bonds is 8. The van der Waals surface area contributed by atoms with Gasteiger partial charge in [0.2, 0.25) is 0 Å². The van der Waals surface area contributed by atoms with Crippen molar-refractivity contribution in [3.8, 4) is 0 Å². The highest BCUT2D eigenvalue weighted by atomic mass is 16.6. The lowest BCUT2D eigenvalue weighted by Crippen LogP contribution is -2.21. The van der Waals surface area contributed by atoms with E-state index in [-0.39, 0.29) is 13.2 Å². The second-order valence-electron chi connectivity index (χ2n) is 4.79. The molecule has 0 heterocycles. The number of hydrogen-bond donors (Lipinski definition) is 0. The highest BCUT2D eigenvalue weighted by Crippen LogP contribution is 2.15. The molecular weight excluding hydrogens is 244 g/mol. The molecule has 0 bridgehead atoms. The molecule has 0 aliphatic carbocycles. The lowest BCUT2D eigenvalue weighted by molar-refractivity contribution is -0.167. The SMILES string of the molecule is CCCC=C(C)CC(C)CCOC(=O)C(=O)OCC. The summed E-state index contributed by atoms with van der Waals surface area (Å²) in [6.07, 6.45) is 6.26. The van der Waals surface area contributed by atoms with Gasteiger partial charge >= 0.3 is 11.9 Å². The summed E-state index contributed by atoms with van der Waals surface area (Å²) in [5.41, 5.74) is 1.37. The molecule has 0 rings (SSSR count). The molecule has 1 atom stereocenters. The van der Waals surface area contributed by atoms with Gasteiger partial charge in [-0.2, -0.15) is 0 Å². The first-order valence-electron chi connectivity index (χ1n) is 7.00. The number of carbonyl (C=O) groups excluding carboxylic acids is 2. The average Bonchev–Trinajstić information content (AvgIpc) is 2.36. The molecule has 4 heteroatoms. The third kappa shape index (κ3) is 9.28. The minimum atomic E-state index is -0.908. The zero-order valence-electron chi connectivity index (χ0n) is 12.5. The van der Waals surface area contributed by atoms with Crippen molar-refractivity contribution in [2.24, 2.45) is 5.92 Å². The smallest absolute Gasteiger partial charge is 0.417 e. The minimum absolute atomic E-state index is 0.186. The summed E-state index contributed by atoms with van der Waals surface area (Å²) in [4.78, 5) is 22.2. The molecule has 0 saturated carbocycles. The van der Waals surface area contributed by atoms with Crippen LogP contribution in [0, 0.1) is 5.92 Å². The molecule has 0 amide bonds. The lowest BCUT2D eigenvalue weighted by Gasteiger charge is -2.11. The van der Waals surface area contributed by atoms with E-state index in [1.54, 1.807) is 6.92 Å². The van der Waals surface area contributed by atoms with Crippen molar-refractivity contribution in [2.45, 2.75) is 53.4 Å². The van der Waals surface area contributed by atoms with Gasteiger partial charge in [0.15, 0.2) is 0 Å². The Balaban J connectivity index is 3.82. The number of carbonyl (C=O) groups is 2. The highest BCUT2D eigenvalue weighted by molar-refractivity contribution is 6.29. The monoisotopic (exact) mass is 270 g/mol. The van der Waals surface area contributed by atoms with Crippen molar-refractivity contribution in [3.05, 3.63) is 11.6 Å². The van der Waals surface area contributed by atoms with E-state index in [0.717, 1.165) is 25.7 Å². The maximum Gasteiger partial charge on any atom is 0.417 e. The first kappa shape index (κ1) is 17.7. The predicted molar refractivity (Wildman–Crippen MR) is 74.7 cm³/mol. The van der Waals surface area contributed by atoms with E-state index >= 15 is 0 Å². The van der Waals surface area contributed by atoms with Crippen LogP contribution in [0.15, 0.2) is 11.6 Å². The van der Waals surface area contributed by atoms with Crippen LogP contribution in [0.2, 0.25) is 0 Å². The van der Waals surface area contributed by atoms with Crippen molar-refractivity contribution < 1.29 is 19.1 Å². The molecule has 0 radical (unpaired) electrons. The number of hydrogen-bond acceptors (Lipinski definition) is 4. The van der Waals surface area contributed by atoms with Gasteiger partial charge in [0.25, 0.3) is 0 Å². The maximum absolute atomic E-state index is 11.2. The standard InChI is InChI=1S/C15H26O4/c1-5-7-8-12(3)11-13(4)9-10-19-15(17)14(16)18-6-2/h8,13H,5-7,9-11H2,1-4H3. The highest BCUT2D eigenvalue weighted by Gasteiger charge is 2.16. The molecular formula is C15H26O4. The quantitative estimate of drug-likeness (QED) is 0.386. The van der Waals surface area contributed by atoms with E-state index in [9.17, 15) is 9.59 Å². The normalized spacial score (nSPS) is 12.9. The molecule has 0 aliphatic heterocycles. The van der Waals surface area contributed by atoms with Gasteiger partial charge in [-0.05, 0) is 39.0 Å². The number of esters is 2. The van der Waals surface area contributed by atoms with E-state index in [0.29, 0.717) is 5.92 Å². The molecule has 1 unspecified atom stereocenters. The van der Waals surface area contributed by atoms with E-state index in [1.807, 2.05) is 0 Å². The summed E-state index contributed by atoms with van der Waals surface area (Å²) in [5.74, 6) is -1.37. The van der Waals surface area contributed by atoms with Gasteiger partial charge in [-0.3, -0.25) is 0 Å². The molecule has 0 aromatic rings. The topological polar surface area (TPSA) is 52.6 Å². The maximum atomic E-state index is 11.2. The van der Waals surface area contributed by atoms with E-state index in [4.69, 9.17) is 4.74 Å². The van der Waals surface area contributed by atoms with E-state index < -0.39 is 11.9 Å². The number of unbranched alkanes of at least 4 members (excludes halogenated alkanes) is 1. The van der Waals surface area contributed by atoms with Crippen LogP contribution < -0.4 is 0 Å². The van der Waals surface area contributed by atoms with Crippen molar-refractivity contribution >= 4 is 11.9 Å². The Labute approximate surface area is 116 Å². The van der Waals surface area contributed by atoms with Crippen molar-refractivity contribution in [3.63, 3.8) is 0 Å². The molecule has 0 spiro atoms. The fourth-order valence-corrected chi connectivity index (χ4v) is 1.73. The summed E-state index contributed by atoms with van der Waals surface area (Å²) in [5, 5.41) is 0. The van der Waals surface area contributed by atoms with Crippen LogP contribution in [-0.2, 0) is 19.1 Å². The fourth-order valence-electron chi connectivity index (χ4n) is 1.73. The molecule has 4 nitrogen and oxygen atoms in total. The van der Waals surface area contributed by atoms with E-state index in [2.05, 4.69) is 31.6 Å². The third-order valence-corrected chi connectivity index (χ3v) is 2.74. The molecule has 0 N–H and O–H groups in total. The first-order valence-corrected chi connectivity index (χ1v) is 7.00. The van der Waals surface area contributed by atoms with Crippen LogP contribution in [-0.4, -0.2) is 25.2 Å². The molecule has 0 aliphatic rings. The summed E-state index contributed by atoms with van der Waals surface area (Å²) >= 11 is 0. The Morgan fingerprint density at radius 3 is 2.37 bits per heavy atom. The van der Waals surface area contributed by atoms with Gasteiger partial charge in [-0.15, -0.1) is 0 Å². The van der Waals surface area contributed by atoms with Crippen molar-refractivity contribution in [2.75, 3.05) is 13.2 Å². The fraction of sp³-hybridized carbons (Fsp3) is 0.733. The summed E-state index contributed by atoms with van der Waals surface area (Å²) < 4.78 is 9.40. The van der Waals surface area contributed by atoms with Crippen LogP contribution in [0.3, 0.4) is 0 Å². The molecule has 0 saturated heterocycles. The molecule has 0 aromatic carbocycles. The van der Waals surface area contributed by atoms with Gasteiger partial charge in [-0.25, -0.2) is 9.59 Å². The largest absolute Gasteiger partial charge is 0.458 e. The Morgan fingerprint density at radius 2 is 1.79 bits per heavy atom. The van der Waals surface area contributed by atoms with Crippen molar-refractivity contribution in [1.29, 1.82) is 0 Å². The minimum Gasteiger partial charge on any atom is -0.458 e. The molecule has 0 aromatic heterocycles. The summed E-state index contributed by atoms with van der Waals surface area (Å²) in [6.45, 7) is 8.49. The van der Waals surface area contributed by atoms with Crippen LogP contribution >= 0.6 is 0 Å². The van der Waals surface area contributed by atoms with Gasteiger partial charge in [-0.1, -0.05) is 31.9 Å². The second-order valence-corrected chi connectivity index (χ2v) is 4.79. The van der Waals surface area contributed by atoms with Crippen molar-refractivity contribution in [1.82, 2.24) is 0 Å². The van der Waals surface area contributed by atoms with Gasteiger partial charge in [0.05, 0.1) is 13.2 Å². The first-order chi connectivity index (χ1) is 9.01. The van der Waals surface area contributed by atoms with Crippen LogP contribution in [0.25, 0.3) is 0 Å². The predicted octanol–water partition coefficient (Wildman–Crippen LogP) is 3.26. The molecule has 19 heavy (non-hydrogen) atoms. The molecule has 0 fully saturated rings. The number of allylic oxidation sites excluding steroid dienone is 2. The average molecular weight is 270 g/mol. The van der Waals surface area contributed by atoms with Crippen LogP contribution in [0.1, 0.15) is 53.4 Å². The van der Waals surface area contributed by atoms with Gasteiger partial charge < -0.3 is 9.47 Å². The number of ether oxygens (including phenoxy) is 2. The molecule has 110 valence electrons.